The normalized spacial score (nSPS) is 22.8. The average Bonchev–Trinajstić information content (AvgIpc) is 3.27. The van der Waals surface area contributed by atoms with Gasteiger partial charge < -0.3 is 25.2 Å². The van der Waals surface area contributed by atoms with Crippen LogP contribution in [0.1, 0.15) is 25.7 Å². The Morgan fingerprint density at radius 2 is 1.89 bits per heavy atom. The van der Waals surface area contributed by atoms with Crippen LogP contribution in [-0.2, 0) is 16.0 Å². The second-order valence-corrected chi connectivity index (χ2v) is 12.0. The van der Waals surface area contributed by atoms with Crippen LogP contribution >= 0.6 is 23.4 Å². The van der Waals surface area contributed by atoms with Crippen molar-refractivity contribution in [2.45, 2.75) is 53.8 Å². The smallest absolute Gasteiger partial charge is 0.262 e. The van der Waals surface area contributed by atoms with Crippen LogP contribution in [0.15, 0.2) is 45.6 Å². The van der Waals surface area contributed by atoms with Crippen molar-refractivity contribution in [1.29, 1.82) is 0 Å². The number of rotatable bonds is 5. The van der Waals surface area contributed by atoms with Gasteiger partial charge in [0.05, 0.1) is 60.0 Å². The van der Waals surface area contributed by atoms with Crippen molar-refractivity contribution in [2.24, 2.45) is 11.1 Å². The molecular weight excluding hydrogens is 528 g/mol. The molecule has 2 aromatic heterocycles. The summed E-state index contributed by atoms with van der Waals surface area (Å²) >= 11 is 8.09. The summed E-state index contributed by atoms with van der Waals surface area (Å²) in [6, 6.07) is 3.72. The Hall–Kier alpha value is -2.28. The molecule has 1 spiro atoms. The van der Waals surface area contributed by atoms with E-state index in [0.717, 1.165) is 38.4 Å². The van der Waals surface area contributed by atoms with Gasteiger partial charge in [0, 0.05) is 55.5 Å². The Bertz CT molecular complexity index is 1370. The van der Waals surface area contributed by atoms with Gasteiger partial charge in [0.25, 0.3) is 5.56 Å². The maximum Gasteiger partial charge on any atom is 0.262 e. The summed E-state index contributed by atoms with van der Waals surface area (Å²) in [5.41, 5.74) is 5.63. The van der Waals surface area contributed by atoms with E-state index in [-0.39, 0.29) is 23.6 Å². The van der Waals surface area contributed by atoms with Crippen LogP contribution in [0.5, 0.6) is 0 Å². The number of ether oxygens (including phenoxy) is 2. The maximum absolute atomic E-state index is 13.3. The van der Waals surface area contributed by atoms with E-state index in [1.165, 1.54) is 22.7 Å². The molecule has 3 fully saturated rings. The highest BCUT2D eigenvalue weighted by molar-refractivity contribution is 7.99. The minimum atomic E-state index is -1.00. The van der Waals surface area contributed by atoms with Crippen molar-refractivity contribution in [3.63, 3.8) is 0 Å². The van der Waals surface area contributed by atoms with Crippen molar-refractivity contribution < 1.29 is 14.6 Å². The van der Waals surface area contributed by atoms with Gasteiger partial charge in [-0.15, -0.1) is 0 Å². The molecule has 0 bridgehead atoms. The fourth-order valence-electron chi connectivity index (χ4n) is 5.61. The number of halogens is 1. The zero-order chi connectivity index (χ0) is 26.3. The van der Waals surface area contributed by atoms with Crippen LogP contribution in [0, 0.1) is 5.41 Å². The first-order valence-electron chi connectivity index (χ1n) is 12.9. The Balaban J connectivity index is 1.18. The van der Waals surface area contributed by atoms with Gasteiger partial charge in [-0.3, -0.25) is 9.36 Å². The third kappa shape index (κ3) is 4.91. The highest BCUT2D eigenvalue weighted by Gasteiger charge is 2.44. The molecule has 12 heteroatoms. The summed E-state index contributed by atoms with van der Waals surface area (Å²) in [4.78, 5) is 29.9. The molecule has 38 heavy (non-hydrogen) atoms. The molecule has 0 amide bonds. The second kappa shape index (κ2) is 10.4. The van der Waals surface area contributed by atoms with E-state index in [9.17, 15) is 9.90 Å². The summed E-state index contributed by atoms with van der Waals surface area (Å²) in [6.45, 7) is 4.21. The van der Waals surface area contributed by atoms with Crippen molar-refractivity contribution in [3.05, 3.63) is 46.2 Å². The Labute approximate surface area is 229 Å². The van der Waals surface area contributed by atoms with Gasteiger partial charge in [-0.05, 0) is 25.0 Å². The van der Waals surface area contributed by atoms with Gasteiger partial charge >= 0.3 is 0 Å². The zero-order valence-corrected chi connectivity index (χ0v) is 22.6. The number of anilines is 1. The zero-order valence-electron chi connectivity index (χ0n) is 21.0. The fourth-order valence-corrected chi connectivity index (χ4v) is 6.73. The van der Waals surface area contributed by atoms with Crippen molar-refractivity contribution >= 4 is 40.1 Å². The predicted octanol–water partition coefficient (Wildman–Crippen LogP) is 2.48. The number of aromatic nitrogens is 4. The first-order chi connectivity index (χ1) is 18.4. The van der Waals surface area contributed by atoms with Crippen LogP contribution in [0.2, 0.25) is 5.02 Å². The van der Waals surface area contributed by atoms with Crippen molar-refractivity contribution in [1.82, 2.24) is 19.5 Å². The summed E-state index contributed by atoms with van der Waals surface area (Å²) in [6.07, 6.45) is 7.89. The fraction of sp³-hybridized carbons (Fsp3) is 0.538. The van der Waals surface area contributed by atoms with Gasteiger partial charge in [0.2, 0.25) is 0 Å². The van der Waals surface area contributed by atoms with E-state index < -0.39 is 5.60 Å². The highest BCUT2D eigenvalue weighted by atomic mass is 35.5. The minimum absolute atomic E-state index is 0.0859. The molecule has 3 aromatic rings. The monoisotopic (exact) mass is 558 g/mol. The van der Waals surface area contributed by atoms with Gasteiger partial charge in [-0.2, -0.15) is 0 Å². The molecule has 0 saturated carbocycles. The average molecular weight is 559 g/mol. The van der Waals surface area contributed by atoms with Crippen LogP contribution in [0.4, 0.5) is 5.82 Å². The lowest BCUT2D eigenvalue weighted by Gasteiger charge is -2.41. The first kappa shape index (κ1) is 26.0. The Morgan fingerprint density at radius 3 is 2.58 bits per heavy atom. The van der Waals surface area contributed by atoms with Crippen LogP contribution in [0.3, 0.4) is 0 Å². The number of fused-ring (bicyclic) bond motifs is 1. The lowest BCUT2D eigenvalue weighted by molar-refractivity contribution is -0.0733. The predicted molar refractivity (Wildman–Crippen MR) is 145 cm³/mol. The van der Waals surface area contributed by atoms with Crippen molar-refractivity contribution in [2.75, 3.05) is 44.4 Å². The summed E-state index contributed by atoms with van der Waals surface area (Å²) in [7, 11) is 0. The van der Waals surface area contributed by atoms with E-state index in [1.807, 2.05) is 6.07 Å². The third-order valence-electron chi connectivity index (χ3n) is 8.17. The molecule has 6 rings (SSSR count). The molecule has 0 unspecified atom stereocenters. The number of hydrogen-bond acceptors (Lipinski definition) is 10. The summed E-state index contributed by atoms with van der Waals surface area (Å²) in [5.74, 6) is 0.833. The molecule has 3 aliphatic rings. The van der Waals surface area contributed by atoms with E-state index in [1.54, 1.807) is 18.5 Å². The van der Waals surface area contributed by atoms with Crippen molar-refractivity contribution in [3.8, 4) is 0 Å². The SMILES string of the molecule is N[C@@H]1COCC12CCN(c1cnc(Sc3ccc4ncn(CC5(O)CCOCC5)c(=O)c4c3Cl)cn1)CC2. The quantitative estimate of drug-likeness (QED) is 0.482. The summed E-state index contributed by atoms with van der Waals surface area (Å²) < 4.78 is 12.4. The maximum atomic E-state index is 13.3. The van der Waals surface area contributed by atoms with E-state index in [0.29, 0.717) is 58.5 Å². The molecule has 0 aliphatic carbocycles. The standard InChI is InChI=1S/C26H31ClN6O4S/c27-23-18(2-1-17-22(23)24(34)33(16-31-17)14-26(35)5-9-36-10-6-26)38-21-12-29-20(11-30-21)32-7-3-25(4-8-32)15-37-13-19(25)28/h1-2,11-12,16,19,35H,3-10,13-15,28H2/t19-/m1/s1. The molecule has 3 saturated heterocycles. The van der Waals surface area contributed by atoms with E-state index in [2.05, 4.69) is 19.9 Å². The first-order valence-corrected chi connectivity index (χ1v) is 14.1. The number of nitrogens with two attached hydrogens (primary N) is 1. The van der Waals surface area contributed by atoms with E-state index in [4.69, 9.17) is 26.8 Å². The Morgan fingerprint density at radius 1 is 1.11 bits per heavy atom. The minimum Gasteiger partial charge on any atom is -0.388 e. The molecule has 3 N–H and O–H groups in total. The molecule has 10 nitrogen and oxygen atoms in total. The Kier molecular flexibility index (Phi) is 7.08. The number of piperidine rings is 1. The number of benzene rings is 1. The van der Waals surface area contributed by atoms with Gasteiger partial charge in [0.1, 0.15) is 10.8 Å². The largest absolute Gasteiger partial charge is 0.388 e. The molecule has 3 aliphatic heterocycles. The molecule has 1 aromatic carbocycles. The number of aliphatic hydroxyl groups is 1. The van der Waals surface area contributed by atoms with Crippen LogP contribution in [0.25, 0.3) is 10.9 Å². The van der Waals surface area contributed by atoms with Crippen LogP contribution < -0.4 is 16.2 Å². The molecule has 202 valence electrons. The topological polar surface area (TPSA) is 129 Å². The van der Waals surface area contributed by atoms with Gasteiger partial charge in [0.15, 0.2) is 0 Å². The number of nitrogens with zero attached hydrogens (tertiary/aromatic N) is 5. The molecule has 1 atom stereocenters. The second-order valence-electron chi connectivity index (χ2n) is 10.6. The highest BCUT2D eigenvalue weighted by Crippen LogP contribution is 2.40. The lowest BCUT2D eigenvalue weighted by Crippen LogP contribution is -2.49. The van der Waals surface area contributed by atoms with Crippen LogP contribution in [-0.4, -0.2) is 75.8 Å². The molecule has 5 heterocycles. The lowest BCUT2D eigenvalue weighted by atomic mass is 9.75. The molecule has 0 radical (unpaired) electrons. The van der Waals surface area contributed by atoms with Gasteiger partial charge in [-0.25, -0.2) is 15.0 Å². The van der Waals surface area contributed by atoms with E-state index >= 15 is 0 Å². The van der Waals surface area contributed by atoms with Gasteiger partial charge in [-0.1, -0.05) is 23.4 Å². The number of hydrogen-bond donors (Lipinski definition) is 2. The summed E-state index contributed by atoms with van der Waals surface area (Å²) in [5, 5.41) is 12.2. The molecular formula is C26H31ClN6O4S. The third-order valence-corrected chi connectivity index (χ3v) is 9.65.